The number of aryl methyl sites for hydroxylation is 1. The molecule has 0 aliphatic carbocycles. The summed E-state index contributed by atoms with van der Waals surface area (Å²) in [6, 6.07) is 9.74. The van der Waals surface area contributed by atoms with E-state index in [2.05, 4.69) is 4.98 Å². The van der Waals surface area contributed by atoms with Gasteiger partial charge in [-0.25, -0.2) is 4.79 Å². The van der Waals surface area contributed by atoms with Crippen LogP contribution >= 0.6 is 0 Å². The van der Waals surface area contributed by atoms with Gasteiger partial charge in [-0.3, -0.25) is 0 Å². The second-order valence-electron chi connectivity index (χ2n) is 4.12. The SMILES string of the molecule is CCOC(=O)c1c(C)[nH]c(-c2ccccc2)c1OC. The van der Waals surface area contributed by atoms with Crippen molar-refractivity contribution < 1.29 is 14.3 Å². The van der Waals surface area contributed by atoms with Crippen molar-refractivity contribution in [3.05, 3.63) is 41.6 Å². The van der Waals surface area contributed by atoms with E-state index in [-0.39, 0.29) is 5.97 Å². The number of rotatable bonds is 4. The molecule has 4 heteroatoms. The second kappa shape index (κ2) is 5.61. The highest BCUT2D eigenvalue weighted by Crippen LogP contribution is 2.35. The minimum Gasteiger partial charge on any atom is -0.494 e. The van der Waals surface area contributed by atoms with Gasteiger partial charge < -0.3 is 14.5 Å². The Bertz CT molecular complexity index is 573. The van der Waals surface area contributed by atoms with Crippen molar-refractivity contribution in [2.24, 2.45) is 0 Å². The van der Waals surface area contributed by atoms with E-state index < -0.39 is 0 Å². The van der Waals surface area contributed by atoms with Gasteiger partial charge in [0.05, 0.1) is 19.4 Å². The standard InChI is InChI=1S/C15H17NO3/c1-4-19-15(17)12-10(2)16-13(14(12)18-3)11-8-6-5-7-9-11/h5-9,16H,4H2,1-3H3. The van der Waals surface area contributed by atoms with Crippen molar-refractivity contribution in [3.63, 3.8) is 0 Å². The second-order valence-corrected chi connectivity index (χ2v) is 4.12. The first kappa shape index (κ1) is 13.2. The third kappa shape index (κ3) is 2.47. The van der Waals surface area contributed by atoms with E-state index in [0.29, 0.717) is 17.9 Å². The summed E-state index contributed by atoms with van der Waals surface area (Å²) in [5.74, 6) is 0.164. The first-order valence-electron chi connectivity index (χ1n) is 6.18. The third-order valence-corrected chi connectivity index (χ3v) is 2.89. The molecule has 19 heavy (non-hydrogen) atoms. The molecule has 0 saturated carbocycles. The van der Waals surface area contributed by atoms with Crippen LogP contribution in [0.4, 0.5) is 0 Å². The molecule has 1 aromatic heterocycles. The molecule has 0 fully saturated rings. The van der Waals surface area contributed by atoms with E-state index >= 15 is 0 Å². The fourth-order valence-corrected chi connectivity index (χ4v) is 2.06. The fourth-order valence-electron chi connectivity index (χ4n) is 2.06. The lowest BCUT2D eigenvalue weighted by atomic mass is 10.1. The topological polar surface area (TPSA) is 51.3 Å². The molecule has 0 aliphatic rings. The maximum atomic E-state index is 12.0. The Morgan fingerprint density at radius 3 is 2.53 bits per heavy atom. The van der Waals surface area contributed by atoms with Gasteiger partial charge in [0.15, 0.2) is 5.75 Å². The number of carbonyl (C=O) groups is 1. The monoisotopic (exact) mass is 259 g/mol. The Hall–Kier alpha value is -2.23. The molecule has 0 aliphatic heterocycles. The first-order chi connectivity index (χ1) is 9.19. The molecule has 0 unspecified atom stereocenters. The fraction of sp³-hybridized carbons (Fsp3) is 0.267. The van der Waals surface area contributed by atoms with Crippen LogP contribution in [0.15, 0.2) is 30.3 Å². The molecule has 1 aromatic carbocycles. The lowest BCUT2D eigenvalue weighted by Crippen LogP contribution is -2.06. The summed E-state index contributed by atoms with van der Waals surface area (Å²) in [7, 11) is 1.55. The van der Waals surface area contributed by atoms with Crippen LogP contribution in [-0.4, -0.2) is 24.7 Å². The quantitative estimate of drug-likeness (QED) is 0.858. The number of hydrogen-bond donors (Lipinski definition) is 1. The molecule has 4 nitrogen and oxygen atoms in total. The minimum absolute atomic E-state index is 0.341. The Labute approximate surface area is 112 Å². The van der Waals surface area contributed by atoms with Crippen molar-refractivity contribution in [1.29, 1.82) is 0 Å². The molecule has 1 N–H and O–H groups in total. The van der Waals surface area contributed by atoms with Crippen LogP contribution in [0, 0.1) is 6.92 Å². The highest BCUT2D eigenvalue weighted by molar-refractivity contribution is 5.97. The number of methoxy groups -OCH3 is 1. The molecular formula is C15H17NO3. The van der Waals surface area contributed by atoms with Crippen LogP contribution in [0.3, 0.4) is 0 Å². The van der Waals surface area contributed by atoms with Crippen molar-refractivity contribution in [2.75, 3.05) is 13.7 Å². The van der Waals surface area contributed by atoms with Gasteiger partial charge in [-0.15, -0.1) is 0 Å². The zero-order valence-electron chi connectivity index (χ0n) is 11.3. The predicted octanol–water partition coefficient (Wildman–Crippen LogP) is 3.18. The maximum absolute atomic E-state index is 12.0. The Morgan fingerprint density at radius 1 is 1.26 bits per heavy atom. The maximum Gasteiger partial charge on any atom is 0.343 e. The van der Waals surface area contributed by atoms with Gasteiger partial charge in [-0.05, 0) is 13.8 Å². The summed E-state index contributed by atoms with van der Waals surface area (Å²) < 4.78 is 10.4. The van der Waals surface area contributed by atoms with Gasteiger partial charge >= 0.3 is 5.97 Å². The third-order valence-electron chi connectivity index (χ3n) is 2.89. The van der Waals surface area contributed by atoms with Crippen LogP contribution < -0.4 is 4.74 Å². The van der Waals surface area contributed by atoms with Gasteiger partial charge in [-0.2, -0.15) is 0 Å². The van der Waals surface area contributed by atoms with E-state index in [9.17, 15) is 4.79 Å². The summed E-state index contributed by atoms with van der Waals surface area (Å²) in [5, 5.41) is 0. The van der Waals surface area contributed by atoms with Crippen molar-refractivity contribution >= 4 is 5.97 Å². The molecule has 2 aromatic rings. The zero-order valence-corrected chi connectivity index (χ0v) is 11.3. The first-order valence-corrected chi connectivity index (χ1v) is 6.18. The van der Waals surface area contributed by atoms with Crippen LogP contribution in [-0.2, 0) is 4.74 Å². The van der Waals surface area contributed by atoms with Crippen molar-refractivity contribution in [2.45, 2.75) is 13.8 Å². The molecule has 100 valence electrons. The summed E-state index contributed by atoms with van der Waals surface area (Å²) >= 11 is 0. The normalized spacial score (nSPS) is 10.3. The van der Waals surface area contributed by atoms with Gasteiger partial charge in [0.25, 0.3) is 0 Å². The van der Waals surface area contributed by atoms with Gasteiger partial charge in [0, 0.05) is 11.3 Å². The van der Waals surface area contributed by atoms with Crippen LogP contribution in [0.1, 0.15) is 23.0 Å². The lowest BCUT2D eigenvalue weighted by molar-refractivity contribution is 0.0522. The van der Waals surface area contributed by atoms with Crippen LogP contribution in [0.5, 0.6) is 5.75 Å². The average Bonchev–Trinajstić information content (AvgIpc) is 2.76. The molecule has 2 rings (SSSR count). The summed E-state index contributed by atoms with van der Waals surface area (Å²) in [6.45, 7) is 3.96. The van der Waals surface area contributed by atoms with Gasteiger partial charge in [0.2, 0.25) is 0 Å². The number of benzene rings is 1. The van der Waals surface area contributed by atoms with E-state index in [4.69, 9.17) is 9.47 Å². The van der Waals surface area contributed by atoms with E-state index in [1.807, 2.05) is 37.3 Å². The summed E-state index contributed by atoms with van der Waals surface area (Å²) in [5.41, 5.74) is 2.97. The molecule has 0 spiro atoms. The van der Waals surface area contributed by atoms with Crippen LogP contribution in [0.25, 0.3) is 11.3 Å². The number of aromatic amines is 1. The molecule has 0 bridgehead atoms. The molecule has 0 radical (unpaired) electrons. The summed E-state index contributed by atoms with van der Waals surface area (Å²) in [6.07, 6.45) is 0. The van der Waals surface area contributed by atoms with Gasteiger partial charge in [-0.1, -0.05) is 30.3 Å². The molecule has 0 atom stereocenters. The minimum atomic E-state index is -0.365. The summed E-state index contributed by atoms with van der Waals surface area (Å²) in [4.78, 5) is 15.2. The molecular weight excluding hydrogens is 242 g/mol. The van der Waals surface area contributed by atoms with E-state index in [0.717, 1.165) is 17.0 Å². The lowest BCUT2D eigenvalue weighted by Gasteiger charge is -2.06. The average molecular weight is 259 g/mol. The Kier molecular flexibility index (Phi) is 3.90. The van der Waals surface area contributed by atoms with Crippen molar-refractivity contribution in [1.82, 2.24) is 4.98 Å². The highest BCUT2D eigenvalue weighted by Gasteiger charge is 2.23. The smallest absolute Gasteiger partial charge is 0.343 e. The number of nitrogens with one attached hydrogen (secondary N) is 1. The zero-order chi connectivity index (χ0) is 13.8. The number of ether oxygens (including phenoxy) is 2. The number of carbonyl (C=O) groups excluding carboxylic acids is 1. The van der Waals surface area contributed by atoms with Gasteiger partial charge in [0.1, 0.15) is 5.56 Å². The largest absolute Gasteiger partial charge is 0.494 e. The molecule has 0 saturated heterocycles. The Morgan fingerprint density at radius 2 is 1.95 bits per heavy atom. The molecule has 1 heterocycles. The Balaban J connectivity index is 2.53. The predicted molar refractivity (Wildman–Crippen MR) is 73.5 cm³/mol. The number of esters is 1. The van der Waals surface area contributed by atoms with E-state index in [1.165, 1.54) is 0 Å². The molecule has 0 amide bonds. The van der Waals surface area contributed by atoms with Crippen LogP contribution in [0.2, 0.25) is 0 Å². The van der Waals surface area contributed by atoms with Crippen molar-refractivity contribution in [3.8, 4) is 17.0 Å². The number of aromatic nitrogens is 1. The van der Waals surface area contributed by atoms with E-state index in [1.54, 1.807) is 14.0 Å². The number of H-pyrrole nitrogens is 1. The highest BCUT2D eigenvalue weighted by atomic mass is 16.5. The number of hydrogen-bond acceptors (Lipinski definition) is 3.